The molecule has 0 spiro atoms. The van der Waals surface area contributed by atoms with Crippen LogP contribution in [0, 0.1) is 5.92 Å². The highest BCUT2D eigenvalue weighted by Gasteiger charge is 2.26. The lowest BCUT2D eigenvalue weighted by Crippen LogP contribution is -2.21. The highest BCUT2D eigenvalue weighted by Crippen LogP contribution is 2.40. The monoisotopic (exact) mass is 342 g/mol. The zero-order valence-corrected chi connectivity index (χ0v) is 13.5. The summed E-state index contributed by atoms with van der Waals surface area (Å²) in [7, 11) is 0. The standard InChI is InChI=1S/C15H19BrO2S/c1-2-10-5-3-4-6-13(10)19-14-9-11(16)7-8-12(14)15(17)18/h7-10,13H,2-6H2,1H3,(H,17,18). The first-order valence-electron chi connectivity index (χ1n) is 6.81. The molecule has 0 amide bonds. The van der Waals surface area contributed by atoms with E-state index in [2.05, 4.69) is 22.9 Å². The first-order chi connectivity index (χ1) is 9.11. The highest BCUT2D eigenvalue weighted by atomic mass is 79.9. The van der Waals surface area contributed by atoms with E-state index in [1.807, 2.05) is 6.07 Å². The largest absolute Gasteiger partial charge is 0.478 e. The Morgan fingerprint density at radius 2 is 2.16 bits per heavy atom. The van der Waals surface area contributed by atoms with Crippen LogP contribution in [0.5, 0.6) is 0 Å². The third-order valence-electron chi connectivity index (χ3n) is 3.82. The van der Waals surface area contributed by atoms with Crippen LogP contribution in [0.25, 0.3) is 0 Å². The average Bonchev–Trinajstić information content (AvgIpc) is 2.39. The molecule has 19 heavy (non-hydrogen) atoms. The molecular formula is C15H19BrO2S. The van der Waals surface area contributed by atoms with E-state index in [9.17, 15) is 9.90 Å². The molecular weight excluding hydrogens is 324 g/mol. The van der Waals surface area contributed by atoms with E-state index in [4.69, 9.17) is 0 Å². The number of hydrogen-bond donors (Lipinski definition) is 1. The summed E-state index contributed by atoms with van der Waals surface area (Å²) >= 11 is 5.19. The summed E-state index contributed by atoms with van der Waals surface area (Å²) in [5.41, 5.74) is 0.425. The maximum Gasteiger partial charge on any atom is 0.336 e. The van der Waals surface area contributed by atoms with Gasteiger partial charge in [-0.15, -0.1) is 11.8 Å². The number of benzene rings is 1. The van der Waals surface area contributed by atoms with Crippen LogP contribution in [-0.2, 0) is 0 Å². The van der Waals surface area contributed by atoms with Crippen LogP contribution in [0.4, 0.5) is 0 Å². The van der Waals surface area contributed by atoms with E-state index in [-0.39, 0.29) is 0 Å². The second-order valence-electron chi connectivity index (χ2n) is 5.05. The van der Waals surface area contributed by atoms with Crippen LogP contribution >= 0.6 is 27.7 Å². The van der Waals surface area contributed by atoms with Crippen molar-refractivity contribution in [2.45, 2.75) is 49.2 Å². The Bertz CT molecular complexity index is 461. The van der Waals surface area contributed by atoms with Gasteiger partial charge in [-0.05, 0) is 37.0 Å². The second-order valence-corrected chi connectivity index (χ2v) is 7.25. The van der Waals surface area contributed by atoms with Gasteiger partial charge < -0.3 is 5.11 Å². The molecule has 0 heterocycles. The number of rotatable bonds is 4. The van der Waals surface area contributed by atoms with E-state index in [0.29, 0.717) is 10.8 Å². The van der Waals surface area contributed by atoms with Gasteiger partial charge in [-0.2, -0.15) is 0 Å². The van der Waals surface area contributed by atoms with E-state index in [1.165, 1.54) is 32.1 Å². The number of carboxylic acids is 1. The minimum absolute atomic E-state index is 0.425. The molecule has 2 rings (SSSR count). The average molecular weight is 343 g/mol. The molecule has 0 aliphatic heterocycles. The van der Waals surface area contributed by atoms with Crippen LogP contribution < -0.4 is 0 Å². The van der Waals surface area contributed by atoms with Crippen LogP contribution in [0.2, 0.25) is 0 Å². The topological polar surface area (TPSA) is 37.3 Å². The Morgan fingerprint density at radius 1 is 1.42 bits per heavy atom. The summed E-state index contributed by atoms with van der Waals surface area (Å²) in [4.78, 5) is 12.2. The summed E-state index contributed by atoms with van der Waals surface area (Å²) in [6.45, 7) is 2.24. The zero-order valence-electron chi connectivity index (χ0n) is 11.1. The van der Waals surface area contributed by atoms with Crippen molar-refractivity contribution in [1.82, 2.24) is 0 Å². The third-order valence-corrected chi connectivity index (χ3v) is 5.82. The summed E-state index contributed by atoms with van der Waals surface area (Å²) in [6, 6.07) is 5.43. The lowest BCUT2D eigenvalue weighted by Gasteiger charge is -2.30. The van der Waals surface area contributed by atoms with Gasteiger partial charge in [-0.3, -0.25) is 0 Å². The van der Waals surface area contributed by atoms with Gasteiger partial charge in [-0.25, -0.2) is 4.79 Å². The minimum atomic E-state index is -0.834. The Hall–Kier alpha value is -0.480. The van der Waals surface area contributed by atoms with Gasteiger partial charge >= 0.3 is 5.97 Å². The molecule has 0 radical (unpaired) electrons. The molecule has 4 heteroatoms. The second kappa shape index (κ2) is 6.80. The van der Waals surface area contributed by atoms with Crippen LogP contribution in [0.1, 0.15) is 49.4 Å². The zero-order chi connectivity index (χ0) is 13.8. The smallest absolute Gasteiger partial charge is 0.336 e. The fraction of sp³-hybridized carbons (Fsp3) is 0.533. The summed E-state index contributed by atoms with van der Waals surface area (Å²) in [5, 5.41) is 9.84. The van der Waals surface area contributed by atoms with Crippen LogP contribution in [-0.4, -0.2) is 16.3 Å². The molecule has 0 saturated heterocycles. The van der Waals surface area contributed by atoms with Crippen molar-refractivity contribution in [2.75, 3.05) is 0 Å². The predicted octanol–water partition coefficient (Wildman–Crippen LogP) is 5.21. The van der Waals surface area contributed by atoms with Gasteiger partial charge in [0.15, 0.2) is 0 Å². The quantitative estimate of drug-likeness (QED) is 0.816. The fourth-order valence-electron chi connectivity index (χ4n) is 2.73. The molecule has 1 aliphatic rings. The Kier molecular flexibility index (Phi) is 5.34. The normalized spacial score (nSPS) is 23.3. The number of halogens is 1. The Labute approximate surface area is 127 Å². The molecule has 1 saturated carbocycles. The first-order valence-corrected chi connectivity index (χ1v) is 8.48. The highest BCUT2D eigenvalue weighted by molar-refractivity contribution is 9.10. The Balaban J connectivity index is 2.21. The van der Waals surface area contributed by atoms with Gasteiger partial charge in [0.1, 0.15) is 0 Å². The minimum Gasteiger partial charge on any atom is -0.478 e. The van der Waals surface area contributed by atoms with Crippen molar-refractivity contribution in [2.24, 2.45) is 5.92 Å². The number of thioether (sulfide) groups is 1. The molecule has 104 valence electrons. The number of hydrogen-bond acceptors (Lipinski definition) is 2. The van der Waals surface area contributed by atoms with Crippen molar-refractivity contribution in [3.63, 3.8) is 0 Å². The van der Waals surface area contributed by atoms with E-state index in [1.54, 1.807) is 23.9 Å². The number of aromatic carboxylic acids is 1. The van der Waals surface area contributed by atoms with Gasteiger partial charge in [-0.1, -0.05) is 42.1 Å². The van der Waals surface area contributed by atoms with E-state index >= 15 is 0 Å². The maximum atomic E-state index is 11.3. The fourth-order valence-corrected chi connectivity index (χ4v) is 4.85. The molecule has 0 aromatic heterocycles. The molecule has 2 nitrogen and oxygen atoms in total. The van der Waals surface area contributed by atoms with E-state index < -0.39 is 5.97 Å². The van der Waals surface area contributed by atoms with Crippen molar-refractivity contribution >= 4 is 33.7 Å². The molecule has 2 unspecified atom stereocenters. The predicted molar refractivity (Wildman–Crippen MR) is 83.0 cm³/mol. The van der Waals surface area contributed by atoms with Crippen molar-refractivity contribution in [3.8, 4) is 0 Å². The van der Waals surface area contributed by atoms with E-state index in [0.717, 1.165) is 15.3 Å². The van der Waals surface area contributed by atoms with Crippen molar-refractivity contribution < 1.29 is 9.90 Å². The number of carboxylic acid groups (broad SMARTS) is 1. The maximum absolute atomic E-state index is 11.3. The first kappa shape index (κ1) is 14.9. The molecule has 2 atom stereocenters. The molecule has 1 aromatic rings. The number of carbonyl (C=O) groups is 1. The summed E-state index contributed by atoms with van der Waals surface area (Å²) < 4.78 is 0.948. The van der Waals surface area contributed by atoms with Gasteiger partial charge in [0, 0.05) is 14.6 Å². The molecule has 1 N–H and O–H groups in total. The van der Waals surface area contributed by atoms with Crippen LogP contribution in [0.15, 0.2) is 27.6 Å². The third kappa shape index (κ3) is 3.76. The summed E-state index contributed by atoms with van der Waals surface area (Å²) in [5.74, 6) is -0.113. The summed E-state index contributed by atoms with van der Waals surface area (Å²) in [6.07, 6.45) is 6.26. The van der Waals surface area contributed by atoms with Crippen LogP contribution in [0.3, 0.4) is 0 Å². The van der Waals surface area contributed by atoms with Gasteiger partial charge in [0.25, 0.3) is 0 Å². The van der Waals surface area contributed by atoms with Crippen molar-refractivity contribution in [1.29, 1.82) is 0 Å². The SMILES string of the molecule is CCC1CCCCC1Sc1cc(Br)ccc1C(=O)O. The van der Waals surface area contributed by atoms with Gasteiger partial charge in [0.2, 0.25) is 0 Å². The van der Waals surface area contributed by atoms with Crippen molar-refractivity contribution in [3.05, 3.63) is 28.2 Å². The molecule has 1 aromatic carbocycles. The lowest BCUT2D eigenvalue weighted by molar-refractivity contribution is 0.0693. The molecule has 1 fully saturated rings. The molecule has 0 bridgehead atoms. The Morgan fingerprint density at radius 3 is 2.84 bits per heavy atom. The lowest BCUT2D eigenvalue weighted by atomic mass is 9.87. The molecule has 1 aliphatic carbocycles. The van der Waals surface area contributed by atoms with Gasteiger partial charge in [0.05, 0.1) is 5.56 Å².